The minimum Gasteiger partial charge on any atom is -0.0616 e. The first-order valence-corrected chi connectivity index (χ1v) is 11.2. The van der Waals surface area contributed by atoms with Crippen LogP contribution in [0.4, 0.5) is 0 Å². The molecule has 0 heterocycles. The van der Waals surface area contributed by atoms with Crippen molar-refractivity contribution < 1.29 is 0 Å². The number of hydrogen-bond donors (Lipinski definition) is 0. The van der Waals surface area contributed by atoms with Crippen molar-refractivity contribution in [2.75, 3.05) is 0 Å². The molecule has 0 saturated carbocycles. The Hall–Kier alpha value is -4.16. The Bertz CT molecular complexity index is 1880. The van der Waals surface area contributed by atoms with Gasteiger partial charge in [0, 0.05) is 0 Å². The Labute approximate surface area is 184 Å². The lowest BCUT2D eigenvalue weighted by molar-refractivity contribution is 1.79. The molecular weight excluding hydrogens is 384 g/mol. The van der Waals surface area contributed by atoms with E-state index in [-0.39, 0.29) is 0 Å². The Kier molecular flexibility index (Phi) is 2.97. The first kappa shape index (κ1) is 16.5. The van der Waals surface area contributed by atoms with E-state index in [4.69, 9.17) is 0 Å². The summed E-state index contributed by atoms with van der Waals surface area (Å²) >= 11 is 0. The lowest BCUT2D eigenvalue weighted by Crippen LogP contribution is -1.89. The molecule has 0 aliphatic carbocycles. The third-order valence-electron chi connectivity index (χ3n) is 7.35. The molecule has 0 bridgehead atoms. The highest BCUT2D eigenvalue weighted by Crippen LogP contribution is 2.44. The van der Waals surface area contributed by atoms with Gasteiger partial charge in [0.2, 0.25) is 0 Å². The summed E-state index contributed by atoms with van der Waals surface area (Å²) in [7, 11) is 0. The molecule has 0 N–H and O–H groups in total. The van der Waals surface area contributed by atoms with Gasteiger partial charge in [0.05, 0.1) is 0 Å². The van der Waals surface area contributed by atoms with Gasteiger partial charge in [-0.05, 0) is 87.5 Å². The van der Waals surface area contributed by atoms with E-state index >= 15 is 0 Å². The normalized spacial score (nSPS) is 12.4. The van der Waals surface area contributed by atoms with Crippen molar-refractivity contribution in [3.63, 3.8) is 0 Å². The Balaban J connectivity index is 1.76. The molecule has 0 aliphatic heterocycles. The molecule has 0 amide bonds. The van der Waals surface area contributed by atoms with Crippen LogP contribution in [0.5, 0.6) is 0 Å². The summed E-state index contributed by atoms with van der Waals surface area (Å²) in [6.07, 6.45) is 0. The summed E-state index contributed by atoms with van der Waals surface area (Å²) in [6.45, 7) is 0. The van der Waals surface area contributed by atoms with E-state index in [1.54, 1.807) is 0 Å². The molecule has 0 spiro atoms. The van der Waals surface area contributed by atoms with Gasteiger partial charge in [-0.25, -0.2) is 0 Å². The molecule has 0 heteroatoms. The van der Waals surface area contributed by atoms with Gasteiger partial charge in [0.1, 0.15) is 0 Å². The minimum absolute atomic E-state index is 1.32. The molecular formula is C32H18. The van der Waals surface area contributed by atoms with Gasteiger partial charge >= 0.3 is 0 Å². The first-order valence-electron chi connectivity index (χ1n) is 11.2. The number of rotatable bonds is 0. The van der Waals surface area contributed by atoms with Crippen LogP contribution < -0.4 is 0 Å². The van der Waals surface area contributed by atoms with Gasteiger partial charge in [-0.3, -0.25) is 0 Å². The van der Waals surface area contributed by atoms with Gasteiger partial charge in [-0.1, -0.05) is 97.1 Å². The van der Waals surface area contributed by atoms with Crippen molar-refractivity contribution in [3.8, 4) is 0 Å². The van der Waals surface area contributed by atoms with E-state index in [2.05, 4.69) is 109 Å². The van der Waals surface area contributed by atoms with Crippen LogP contribution in [0, 0.1) is 0 Å². The van der Waals surface area contributed by atoms with E-state index in [0.717, 1.165) is 0 Å². The van der Waals surface area contributed by atoms with Crippen LogP contribution >= 0.6 is 0 Å². The number of fused-ring (bicyclic) bond motifs is 9. The van der Waals surface area contributed by atoms with Gasteiger partial charge in [0.25, 0.3) is 0 Å². The van der Waals surface area contributed by atoms with Crippen LogP contribution in [-0.2, 0) is 0 Å². The summed E-state index contributed by atoms with van der Waals surface area (Å²) in [6, 6.07) is 40.6. The zero-order valence-corrected chi connectivity index (χ0v) is 17.4. The summed E-state index contributed by atoms with van der Waals surface area (Å²) in [5, 5.41) is 18.8. The van der Waals surface area contributed by atoms with Crippen LogP contribution in [0.15, 0.2) is 109 Å². The topological polar surface area (TPSA) is 0 Å². The molecule has 0 aromatic heterocycles. The first-order chi connectivity index (χ1) is 15.9. The largest absolute Gasteiger partial charge is 0.0616 e. The standard InChI is InChI=1S/C32H18/c1-3-11-23-21(9-1)22-10-2-4-12-24(22)28-18-30-26-14-6-8-20-16-15-19-7-5-13-25(31(19)32(20)26)29(30)17-27(23)28/h1-18H. The molecule has 8 aromatic rings. The maximum Gasteiger partial charge on any atom is -0.00203 e. The zero-order chi connectivity index (χ0) is 20.8. The van der Waals surface area contributed by atoms with Crippen molar-refractivity contribution in [3.05, 3.63) is 109 Å². The maximum atomic E-state index is 2.45. The second kappa shape index (κ2) is 5.75. The van der Waals surface area contributed by atoms with Crippen molar-refractivity contribution in [1.29, 1.82) is 0 Å². The van der Waals surface area contributed by atoms with E-state index in [1.807, 2.05) is 0 Å². The third kappa shape index (κ3) is 1.93. The molecule has 0 atom stereocenters. The zero-order valence-electron chi connectivity index (χ0n) is 17.4. The maximum absolute atomic E-state index is 2.45. The highest BCUT2D eigenvalue weighted by atomic mass is 14.2. The fourth-order valence-corrected chi connectivity index (χ4v) is 6.00. The molecule has 0 aliphatic rings. The van der Waals surface area contributed by atoms with Gasteiger partial charge in [0.15, 0.2) is 0 Å². The van der Waals surface area contributed by atoms with Crippen LogP contribution in [0.1, 0.15) is 0 Å². The van der Waals surface area contributed by atoms with E-state index in [1.165, 1.54) is 75.4 Å². The Morgan fingerprint density at radius 2 is 0.594 bits per heavy atom. The van der Waals surface area contributed by atoms with Gasteiger partial charge in [-0.2, -0.15) is 0 Å². The summed E-state index contributed by atoms with van der Waals surface area (Å²) in [4.78, 5) is 0. The SMILES string of the molecule is c1ccc2c(c1)c1ccccc1c1cc3c(cc21)c1cccc2ccc4cccc3c4c21. The monoisotopic (exact) mass is 402 g/mol. The molecule has 8 rings (SSSR count). The van der Waals surface area contributed by atoms with Crippen LogP contribution in [0.3, 0.4) is 0 Å². The Morgan fingerprint density at radius 1 is 0.250 bits per heavy atom. The highest BCUT2D eigenvalue weighted by molar-refractivity contribution is 6.37. The van der Waals surface area contributed by atoms with Crippen LogP contribution in [0.2, 0.25) is 0 Å². The predicted octanol–water partition coefficient (Wildman–Crippen LogP) is 9.20. The van der Waals surface area contributed by atoms with E-state index < -0.39 is 0 Å². The fourth-order valence-electron chi connectivity index (χ4n) is 6.00. The number of benzene rings is 8. The average molecular weight is 402 g/mol. The van der Waals surface area contributed by atoms with Gasteiger partial charge in [-0.15, -0.1) is 0 Å². The minimum atomic E-state index is 1.32. The predicted molar refractivity (Wildman–Crippen MR) is 140 cm³/mol. The molecule has 0 fully saturated rings. The van der Waals surface area contributed by atoms with E-state index in [9.17, 15) is 0 Å². The Morgan fingerprint density at radius 3 is 1.03 bits per heavy atom. The summed E-state index contributed by atoms with van der Waals surface area (Å²) in [5.74, 6) is 0. The molecule has 0 nitrogen and oxygen atoms in total. The highest BCUT2D eigenvalue weighted by Gasteiger charge is 2.15. The third-order valence-corrected chi connectivity index (χ3v) is 7.35. The molecule has 0 unspecified atom stereocenters. The second-order valence-electron chi connectivity index (χ2n) is 8.91. The number of hydrogen-bond acceptors (Lipinski definition) is 0. The van der Waals surface area contributed by atoms with E-state index in [0.29, 0.717) is 0 Å². The van der Waals surface area contributed by atoms with Crippen LogP contribution in [0.25, 0.3) is 75.4 Å². The molecule has 0 radical (unpaired) electrons. The van der Waals surface area contributed by atoms with Crippen molar-refractivity contribution >= 4 is 75.4 Å². The molecule has 0 saturated heterocycles. The van der Waals surface area contributed by atoms with Crippen molar-refractivity contribution in [2.45, 2.75) is 0 Å². The summed E-state index contributed by atoms with van der Waals surface area (Å²) < 4.78 is 0. The van der Waals surface area contributed by atoms with Gasteiger partial charge < -0.3 is 0 Å². The second-order valence-corrected chi connectivity index (χ2v) is 8.91. The van der Waals surface area contributed by atoms with Crippen molar-refractivity contribution in [2.24, 2.45) is 0 Å². The molecule has 146 valence electrons. The quantitative estimate of drug-likeness (QED) is 0.175. The lowest BCUT2D eigenvalue weighted by atomic mass is 9.86. The lowest BCUT2D eigenvalue weighted by Gasteiger charge is -2.17. The molecule has 32 heavy (non-hydrogen) atoms. The van der Waals surface area contributed by atoms with Crippen molar-refractivity contribution in [1.82, 2.24) is 0 Å². The molecule has 8 aromatic carbocycles. The summed E-state index contributed by atoms with van der Waals surface area (Å²) in [5.41, 5.74) is 0. The van der Waals surface area contributed by atoms with Crippen LogP contribution in [-0.4, -0.2) is 0 Å². The smallest absolute Gasteiger partial charge is 0.00203 e. The fraction of sp³-hybridized carbons (Fsp3) is 0. The average Bonchev–Trinajstić information content (AvgIpc) is 2.87.